The third-order valence-corrected chi connectivity index (χ3v) is 3.60. The molecule has 0 atom stereocenters. The van der Waals surface area contributed by atoms with Crippen molar-refractivity contribution in [2.24, 2.45) is 0 Å². The van der Waals surface area contributed by atoms with Gasteiger partial charge in [0, 0.05) is 18.1 Å². The van der Waals surface area contributed by atoms with Crippen LogP contribution < -0.4 is 5.32 Å². The lowest BCUT2D eigenvalue weighted by molar-refractivity contribution is 0.0697. The van der Waals surface area contributed by atoms with E-state index in [-0.39, 0.29) is 5.56 Å². The number of benzene rings is 2. The van der Waals surface area contributed by atoms with Crippen molar-refractivity contribution in [2.45, 2.75) is 0 Å². The molecule has 0 aliphatic rings. The normalized spacial score (nSPS) is 11.0. The topological polar surface area (TPSA) is 79.5 Å². The summed E-state index contributed by atoms with van der Waals surface area (Å²) in [5.74, 6) is -0.344. The molecule has 0 aliphatic carbocycles. The van der Waals surface area contributed by atoms with Gasteiger partial charge in [0.1, 0.15) is 0 Å². The van der Waals surface area contributed by atoms with Crippen LogP contribution in [-0.2, 0) is 0 Å². The number of hydrogen-bond donors (Lipinski definition) is 2. The third kappa shape index (κ3) is 2.26. The van der Waals surface area contributed by atoms with Crippen molar-refractivity contribution in [2.75, 3.05) is 5.32 Å². The van der Waals surface area contributed by atoms with E-state index in [4.69, 9.17) is 5.11 Å². The lowest BCUT2D eigenvalue weighted by atomic mass is 10.2. The Kier molecular flexibility index (Phi) is 2.94. The fourth-order valence-electron chi connectivity index (χ4n) is 2.53. The third-order valence-electron chi connectivity index (χ3n) is 3.60. The van der Waals surface area contributed by atoms with Gasteiger partial charge in [-0.15, -0.1) is 0 Å². The van der Waals surface area contributed by atoms with Crippen LogP contribution in [0, 0.1) is 0 Å². The van der Waals surface area contributed by atoms with Gasteiger partial charge >= 0.3 is 5.97 Å². The van der Waals surface area contributed by atoms with Crippen molar-refractivity contribution in [3.63, 3.8) is 0 Å². The van der Waals surface area contributed by atoms with Crippen LogP contribution in [0.4, 0.5) is 11.5 Å². The van der Waals surface area contributed by atoms with E-state index < -0.39 is 5.97 Å². The monoisotopic (exact) mass is 304 g/mol. The summed E-state index contributed by atoms with van der Waals surface area (Å²) in [6.45, 7) is 0. The van der Waals surface area contributed by atoms with Gasteiger partial charge in [-0.25, -0.2) is 14.8 Å². The Morgan fingerprint density at radius 2 is 1.96 bits per heavy atom. The summed E-state index contributed by atoms with van der Waals surface area (Å²) in [5, 5.41) is 12.4. The van der Waals surface area contributed by atoms with Gasteiger partial charge in [-0.05, 0) is 30.3 Å². The van der Waals surface area contributed by atoms with Crippen LogP contribution in [0.25, 0.3) is 16.7 Å². The fraction of sp³-hybridized carbons (Fsp3) is 0. The lowest BCUT2D eigenvalue weighted by Crippen LogP contribution is -2.02. The molecule has 2 N–H and O–H groups in total. The smallest absolute Gasteiger partial charge is 0.335 e. The summed E-state index contributed by atoms with van der Waals surface area (Å²) in [7, 11) is 0. The second-order valence-electron chi connectivity index (χ2n) is 5.08. The van der Waals surface area contributed by atoms with Gasteiger partial charge in [0.25, 0.3) is 0 Å². The van der Waals surface area contributed by atoms with Crippen molar-refractivity contribution in [1.29, 1.82) is 0 Å². The quantitative estimate of drug-likeness (QED) is 0.607. The summed E-state index contributed by atoms with van der Waals surface area (Å²) >= 11 is 0. The molecule has 0 bridgehead atoms. The van der Waals surface area contributed by atoms with E-state index in [1.807, 2.05) is 34.7 Å². The molecule has 6 heteroatoms. The van der Waals surface area contributed by atoms with E-state index in [1.165, 1.54) is 0 Å². The molecule has 2 aromatic heterocycles. The van der Waals surface area contributed by atoms with Crippen molar-refractivity contribution in [3.8, 4) is 0 Å². The van der Waals surface area contributed by atoms with E-state index in [2.05, 4.69) is 15.3 Å². The number of imidazole rings is 1. The Bertz CT molecular complexity index is 1020. The SMILES string of the molecule is O=C(O)c1ccc2nc(Nc3ccccc3)c3nccn3c2c1. The first-order valence-corrected chi connectivity index (χ1v) is 7.04. The van der Waals surface area contributed by atoms with E-state index in [9.17, 15) is 4.79 Å². The molecule has 0 fully saturated rings. The highest BCUT2D eigenvalue weighted by molar-refractivity contribution is 5.93. The minimum atomic E-state index is -0.966. The summed E-state index contributed by atoms with van der Waals surface area (Å²) in [6.07, 6.45) is 3.46. The highest BCUT2D eigenvalue weighted by Gasteiger charge is 2.12. The van der Waals surface area contributed by atoms with Crippen molar-refractivity contribution < 1.29 is 9.90 Å². The van der Waals surface area contributed by atoms with Crippen LogP contribution in [0.5, 0.6) is 0 Å². The molecule has 4 aromatic rings. The molecule has 0 aliphatic heterocycles. The number of anilines is 2. The Morgan fingerprint density at radius 1 is 1.13 bits per heavy atom. The standard InChI is InChI=1S/C17H12N4O2/c22-17(23)11-6-7-13-14(10-11)21-9-8-18-16(21)15(20-13)19-12-4-2-1-3-5-12/h1-10H,(H,19,20)(H,22,23). The molecule has 0 radical (unpaired) electrons. The van der Waals surface area contributed by atoms with Gasteiger partial charge in [0.2, 0.25) is 0 Å². The maximum absolute atomic E-state index is 11.2. The second-order valence-corrected chi connectivity index (χ2v) is 5.08. The first-order chi connectivity index (χ1) is 11.2. The molecular formula is C17H12N4O2. The lowest BCUT2D eigenvalue weighted by Gasteiger charge is -2.10. The fourth-order valence-corrected chi connectivity index (χ4v) is 2.53. The average molecular weight is 304 g/mol. The molecule has 4 rings (SSSR count). The van der Waals surface area contributed by atoms with Crippen molar-refractivity contribution >= 4 is 34.2 Å². The zero-order valence-electron chi connectivity index (χ0n) is 12.0. The highest BCUT2D eigenvalue weighted by atomic mass is 16.4. The molecule has 0 spiro atoms. The number of fused-ring (bicyclic) bond motifs is 3. The maximum atomic E-state index is 11.2. The first kappa shape index (κ1) is 13.3. The predicted molar refractivity (Wildman–Crippen MR) is 87.2 cm³/mol. The minimum Gasteiger partial charge on any atom is -0.478 e. The second kappa shape index (κ2) is 5.10. The number of rotatable bonds is 3. The van der Waals surface area contributed by atoms with Gasteiger partial charge in [-0.3, -0.25) is 4.40 Å². The van der Waals surface area contributed by atoms with Gasteiger partial charge in [0.15, 0.2) is 11.5 Å². The Labute approximate surface area is 131 Å². The number of carbonyl (C=O) groups is 1. The number of hydrogen-bond acceptors (Lipinski definition) is 4. The number of aromatic nitrogens is 3. The van der Waals surface area contributed by atoms with Crippen LogP contribution in [0.1, 0.15) is 10.4 Å². The number of nitrogens with one attached hydrogen (secondary N) is 1. The number of carboxylic acid groups (broad SMARTS) is 1. The van der Waals surface area contributed by atoms with Crippen LogP contribution in [0.2, 0.25) is 0 Å². The molecule has 0 saturated carbocycles. The Hall–Kier alpha value is -3.41. The van der Waals surface area contributed by atoms with E-state index in [1.54, 1.807) is 30.6 Å². The Morgan fingerprint density at radius 3 is 2.74 bits per heavy atom. The average Bonchev–Trinajstić information content (AvgIpc) is 3.06. The zero-order chi connectivity index (χ0) is 15.8. The Balaban J connectivity index is 1.93. The molecule has 0 amide bonds. The summed E-state index contributed by atoms with van der Waals surface area (Å²) in [6, 6.07) is 14.6. The minimum absolute atomic E-state index is 0.220. The summed E-state index contributed by atoms with van der Waals surface area (Å²) < 4.78 is 1.83. The molecule has 6 nitrogen and oxygen atoms in total. The number of nitrogens with zero attached hydrogens (tertiary/aromatic N) is 3. The predicted octanol–water partition coefficient (Wildman–Crippen LogP) is 3.32. The molecule has 23 heavy (non-hydrogen) atoms. The maximum Gasteiger partial charge on any atom is 0.335 e. The van der Waals surface area contributed by atoms with E-state index in [0.717, 1.165) is 5.69 Å². The van der Waals surface area contributed by atoms with Gasteiger partial charge in [-0.1, -0.05) is 18.2 Å². The largest absolute Gasteiger partial charge is 0.478 e. The summed E-state index contributed by atoms with van der Waals surface area (Å²) in [4.78, 5) is 20.1. The molecular weight excluding hydrogens is 292 g/mol. The molecule has 2 aromatic carbocycles. The molecule has 0 saturated heterocycles. The number of para-hydroxylation sites is 1. The van der Waals surface area contributed by atoms with Crippen LogP contribution >= 0.6 is 0 Å². The van der Waals surface area contributed by atoms with E-state index in [0.29, 0.717) is 22.5 Å². The van der Waals surface area contributed by atoms with Gasteiger partial charge < -0.3 is 10.4 Å². The highest BCUT2D eigenvalue weighted by Crippen LogP contribution is 2.24. The molecule has 2 heterocycles. The zero-order valence-corrected chi connectivity index (χ0v) is 12.0. The summed E-state index contributed by atoms with van der Waals surface area (Å²) in [5.41, 5.74) is 3.17. The molecule has 0 unspecified atom stereocenters. The van der Waals surface area contributed by atoms with Crippen molar-refractivity contribution in [1.82, 2.24) is 14.4 Å². The van der Waals surface area contributed by atoms with Crippen LogP contribution in [-0.4, -0.2) is 25.4 Å². The van der Waals surface area contributed by atoms with Crippen LogP contribution in [0.15, 0.2) is 60.9 Å². The van der Waals surface area contributed by atoms with Gasteiger partial charge in [-0.2, -0.15) is 0 Å². The molecule has 112 valence electrons. The van der Waals surface area contributed by atoms with Crippen molar-refractivity contribution in [3.05, 3.63) is 66.5 Å². The first-order valence-electron chi connectivity index (χ1n) is 7.04. The van der Waals surface area contributed by atoms with E-state index >= 15 is 0 Å². The van der Waals surface area contributed by atoms with Crippen LogP contribution in [0.3, 0.4) is 0 Å². The van der Waals surface area contributed by atoms with Gasteiger partial charge in [0.05, 0.1) is 16.6 Å². The number of aromatic carboxylic acids is 1. The number of carboxylic acids is 1.